The summed E-state index contributed by atoms with van der Waals surface area (Å²) in [6, 6.07) is 11.7. The number of hydrogen-bond donors (Lipinski definition) is 2. The molecular weight excluding hydrogens is 313 g/mol. The molecule has 0 aliphatic carbocycles. The van der Waals surface area contributed by atoms with Crippen LogP contribution in [0, 0.1) is 0 Å². The van der Waals surface area contributed by atoms with E-state index >= 15 is 0 Å². The highest BCUT2D eigenvalue weighted by Crippen LogP contribution is 2.29. The van der Waals surface area contributed by atoms with Crippen molar-refractivity contribution < 1.29 is 17.9 Å². The Labute approximate surface area is 131 Å². The molecule has 116 valence electrons. The first-order valence-electron chi connectivity index (χ1n) is 6.28. The van der Waals surface area contributed by atoms with E-state index in [4.69, 9.17) is 17.0 Å². The number of hydrogen-bond acceptors (Lipinski definition) is 2. The highest BCUT2D eigenvalue weighted by atomic mass is 32.1. The number of ether oxygens (including phenoxy) is 1. The molecule has 2 N–H and O–H groups in total. The number of halogens is 3. The molecule has 2 rings (SSSR count). The summed E-state index contributed by atoms with van der Waals surface area (Å²) in [5.74, 6) is 0.715. The van der Waals surface area contributed by atoms with Crippen molar-refractivity contribution in [3.8, 4) is 5.75 Å². The van der Waals surface area contributed by atoms with Gasteiger partial charge in [0, 0.05) is 11.4 Å². The van der Waals surface area contributed by atoms with E-state index in [0.29, 0.717) is 11.4 Å². The fourth-order valence-electron chi connectivity index (χ4n) is 1.71. The van der Waals surface area contributed by atoms with Crippen molar-refractivity contribution in [2.45, 2.75) is 6.18 Å². The molecule has 2 aromatic rings. The predicted octanol–water partition coefficient (Wildman–Crippen LogP) is 4.52. The Kier molecular flexibility index (Phi) is 4.87. The molecule has 0 spiro atoms. The normalized spacial score (nSPS) is 10.9. The lowest BCUT2D eigenvalue weighted by Crippen LogP contribution is -2.19. The average Bonchev–Trinajstić information content (AvgIpc) is 2.47. The van der Waals surface area contributed by atoms with E-state index in [1.807, 2.05) is 0 Å². The maximum atomic E-state index is 12.5. The SMILES string of the molecule is COc1ccc(NC(=S)Nc2ccc(C(F)(F)F)cc2)cc1. The third-order valence-corrected chi connectivity index (χ3v) is 3.02. The van der Waals surface area contributed by atoms with Crippen LogP contribution < -0.4 is 15.4 Å². The summed E-state index contributed by atoms with van der Waals surface area (Å²) in [7, 11) is 1.57. The minimum atomic E-state index is -4.35. The number of alkyl halides is 3. The average molecular weight is 326 g/mol. The molecule has 0 saturated heterocycles. The van der Waals surface area contributed by atoms with E-state index in [2.05, 4.69) is 10.6 Å². The number of rotatable bonds is 3. The van der Waals surface area contributed by atoms with Crippen molar-refractivity contribution in [2.75, 3.05) is 17.7 Å². The van der Waals surface area contributed by atoms with Crippen LogP contribution in [0.5, 0.6) is 5.75 Å². The lowest BCUT2D eigenvalue weighted by molar-refractivity contribution is -0.137. The number of anilines is 2. The van der Waals surface area contributed by atoms with Gasteiger partial charge in [-0.1, -0.05) is 0 Å². The van der Waals surface area contributed by atoms with Gasteiger partial charge in [0.25, 0.3) is 0 Å². The molecule has 0 bridgehead atoms. The van der Waals surface area contributed by atoms with Crippen LogP contribution in [0.4, 0.5) is 24.5 Å². The summed E-state index contributed by atoms with van der Waals surface area (Å²) >= 11 is 5.11. The molecule has 0 atom stereocenters. The van der Waals surface area contributed by atoms with Crippen LogP contribution in [-0.2, 0) is 6.18 Å². The molecule has 0 aliphatic rings. The fraction of sp³-hybridized carbons (Fsp3) is 0.133. The third kappa shape index (κ3) is 4.36. The van der Waals surface area contributed by atoms with Gasteiger partial charge in [0.2, 0.25) is 0 Å². The number of benzene rings is 2. The lowest BCUT2D eigenvalue weighted by Gasteiger charge is -2.12. The molecule has 0 saturated carbocycles. The van der Waals surface area contributed by atoms with Crippen LogP contribution in [0.15, 0.2) is 48.5 Å². The van der Waals surface area contributed by atoms with Crippen LogP contribution in [-0.4, -0.2) is 12.2 Å². The van der Waals surface area contributed by atoms with Gasteiger partial charge in [-0.2, -0.15) is 13.2 Å². The van der Waals surface area contributed by atoms with E-state index in [1.165, 1.54) is 12.1 Å². The van der Waals surface area contributed by atoms with Crippen LogP contribution in [0.3, 0.4) is 0 Å². The Balaban J connectivity index is 1.96. The first kappa shape index (κ1) is 16.1. The minimum Gasteiger partial charge on any atom is -0.497 e. The fourth-order valence-corrected chi connectivity index (χ4v) is 1.95. The quantitative estimate of drug-likeness (QED) is 0.812. The topological polar surface area (TPSA) is 33.3 Å². The van der Waals surface area contributed by atoms with Gasteiger partial charge in [-0.05, 0) is 60.7 Å². The Morgan fingerprint density at radius 2 is 1.36 bits per heavy atom. The summed E-state index contributed by atoms with van der Waals surface area (Å²) in [5, 5.41) is 6.03. The molecule has 0 amide bonds. The maximum absolute atomic E-state index is 12.5. The lowest BCUT2D eigenvalue weighted by atomic mass is 10.2. The van der Waals surface area contributed by atoms with Gasteiger partial charge in [-0.3, -0.25) is 0 Å². The van der Waals surface area contributed by atoms with Gasteiger partial charge >= 0.3 is 6.18 Å². The molecule has 2 aromatic carbocycles. The second-order valence-corrected chi connectivity index (χ2v) is 4.79. The van der Waals surface area contributed by atoms with E-state index < -0.39 is 11.7 Å². The summed E-state index contributed by atoms with van der Waals surface area (Å²) in [6.07, 6.45) is -4.35. The van der Waals surface area contributed by atoms with Crippen molar-refractivity contribution in [1.29, 1.82) is 0 Å². The molecule has 0 heterocycles. The molecule has 0 unspecified atom stereocenters. The van der Waals surface area contributed by atoms with Gasteiger partial charge in [-0.15, -0.1) is 0 Å². The van der Waals surface area contributed by atoms with E-state index in [9.17, 15) is 13.2 Å². The Bertz CT molecular complexity index is 639. The van der Waals surface area contributed by atoms with Crippen LogP contribution in [0.1, 0.15) is 5.56 Å². The summed E-state index contributed by atoms with van der Waals surface area (Å²) in [4.78, 5) is 0. The number of thiocarbonyl (C=S) groups is 1. The highest BCUT2D eigenvalue weighted by Gasteiger charge is 2.29. The van der Waals surface area contributed by atoms with Crippen LogP contribution >= 0.6 is 12.2 Å². The zero-order valence-corrected chi connectivity index (χ0v) is 12.4. The third-order valence-electron chi connectivity index (χ3n) is 2.82. The zero-order chi connectivity index (χ0) is 16.2. The first-order chi connectivity index (χ1) is 10.4. The molecule has 7 heteroatoms. The van der Waals surface area contributed by atoms with E-state index in [0.717, 1.165) is 17.8 Å². The number of methoxy groups -OCH3 is 1. The summed E-state index contributed by atoms with van der Waals surface area (Å²) in [6.45, 7) is 0. The molecule has 0 radical (unpaired) electrons. The molecule has 0 aliphatic heterocycles. The van der Waals surface area contributed by atoms with E-state index in [-0.39, 0.29) is 5.11 Å². The van der Waals surface area contributed by atoms with Gasteiger partial charge < -0.3 is 15.4 Å². The second kappa shape index (κ2) is 6.65. The largest absolute Gasteiger partial charge is 0.497 e. The Hall–Kier alpha value is -2.28. The predicted molar refractivity (Wildman–Crippen MR) is 84.3 cm³/mol. The standard InChI is InChI=1S/C15H13F3N2OS/c1-21-13-8-6-12(7-9-13)20-14(22)19-11-4-2-10(3-5-11)15(16,17)18/h2-9H,1H3,(H2,19,20,22). The van der Waals surface area contributed by atoms with Crippen molar-refractivity contribution in [3.05, 3.63) is 54.1 Å². The summed E-state index contributed by atoms with van der Waals surface area (Å²) < 4.78 is 42.4. The molecule has 0 aromatic heterocycles. The summed E-state index contributed by atoms with van der Waals surface area (Å²) in [5.41, 5.74) is 0.510. The highest BCUT2D eigenvalue weighted by molar-refractivity contribution is 7.80. The van der Waals surface area contributed by atoms with Crippen molar-refractivity contribution in [2.24, 2.45) is 0 Å². The smallest absolute Gasteiger partial charge is 0.416 e. The Morgan fingerprint density at radius 3 is 1.77 bits per heavy atom. The van der Waals surface area contributed by atoms with Crippen LogP contribution in [0.25, 0.3) is 0 Å². The van der Waals surface area contributed by atoms with Gasteiger partial charge in [0.05, 0.1) is 12.7 Å². The number of nitrogens with one attached hydrogen (secondary N) is 2. The van der Waals surface area contributed by atoms with E-state index in [1.54, 1.807) is 31.4 Å². The van der Waals surface area contributed by atoms with Crippen molar-refractivity contribution in [3.63, 3.8) is 0 Å². The monoisotopic (exact) mass is 326 g/mol. The maximum Gasteiger partial charge on any atom is 0.416 e. The molecule has 0 fully saturated rings. The van der Waals surface area contributed by atoms with Gasteiger partial charge in [-0.25, -0.2) is 0 Å². The van der Waals surface area contributed by atoms with Gasteiger partial charge in [0.15, 0.2) is 5.11 Å². The van der Waals surface area contributed by atoms with Crippen LogP contribution in [0.2, 0.25) is 0 Å². The molecule has 3 nitrogen and oxygen atoms in total. The van der Waals surface area contributed by atoms with Crippen molar-refractivity contribution in [1.82, 2.24) is 0 Å². The van der Waals surface area contributed by atoms with Crippen molar-refractivity contribution >= 4 is 28.7 Å². The molecule has 22 heavy (non-hydrogen) atoms. The molecular formula is C15H13F3N2OS. The Morgan fingerprint density at radius 1 is 0.909 bits per heavy atom. The zero-order valence-electron chi connectivity index (χ0n) is 11.6. The first-order valence-corrected chi connectivity index (χ1v) is 6.68. The van der Waals surface area contributed by atoms with Gasteiger partial charge in [0.1, 0.15) is 5.75 Å². The second-order valence-electron chi connectivity index (χ2n) is 4.38. The minimum absolute atomic E-state index is 0.282.